The molecule has 2 aromatic heterocycles. The van der Waals surface area contributed by atoms with Crippen molar-refractivity contribution in [2.75, 3.05) is 0 Å². The first-order chi connectivity index (χ1) is 15.9. The molecule has 0 spiro atoms. The van der Waals surface area contributed by atoms with Gasteiger partial charge in [-0.1, -0.05) is 97.1 Å². The van der Waals surface area contributed by atoms with Crippen LogP contribution in [0.15, 0.2) is 109 Å². The molecular formula is C30H18N2. The van der Waals surface area contributed by atoms with Gasteiger partial charge in [-0.25, -0.2) is 4.98 Å². The molecule has 2 heterocycles. The highest BCUT2D eigenvalue weighted by atomic mass is 14.7. The quantitative estimate of drug-likeness (QED) is 0.204. The van der Waals surface area contributed by atoms with Crippen LogP contribution in [0.2, 0.25) is 0 Å². The first-order valence-electron chi connectivity index (χ1n) is 10.8. The van der Waals surface area contributed by atoms with Crippen molar-refractivity contribution < 1.29 is 0 Å². The van der Waals surface area contributed by atoms with Crippen LogP contribution < -0.4 is 0 Å². The summed E-state index contributed by atoms with van der Waals surface area (Å²) in [5.41, 5.74) is 4.42. The molecule has 2 nitrogen and oxygen atoms in total. The van der Waals surface area contributed by atoms with Crippen molar-refractivity contribution in [1.82, 2.24) is 9.97 Å². The van der Waals surface area contributed by atoms with E-state index in [1.807, 2.05) is 12.4 Å². The van der Waals surface area contributed by atoms with Gasteiger partial charge in [0.25, 0.3) is 0 Å². The number of aromatic nitrogens is 2. The van der Waals surface area contributed by atoms with Crippen molar-refractivity contribution in [2.24, 2.45) is 0 Å². The zero-order chi connectivity index (χ0) is 21.1. The predicted octanol–water partition coefficient (Wildman–Crippen LogP) is 7.91. The lowest BCUT2D eigenvalue weighted by Gasteiger charge is -2.15. The molecule has 0 N–H and O–H groups in total. The molecule has 0 bridgehead atoms. The Morgan fingerprint density at radius 1 is 0.406 bits per heavy atom. The highest BCUT2D eigenvalue weighted by Gasteiger charge is 2.17. The second-order valence-electron chi connectivity index (χ2n) is 8.26. The molecule has 0 saturated carbocycles. The molecule has 32 heavy (non-hydrogen) atoms. The maximum absolute atomic E-state index is 5.28. The Balaban J connectivity index is 1.78. The third-order valence-electron chi connectivity index (χ3n) is 6.50. The molecule has 2 heteroatoms. The van der Waals surface area contributed by atoms with E-state index < -0.39 is 0 Å². The zero-order valence-corrected chi connectivity index (χ0v) is 17.3. The Kier molecular flexibility index (Phi) is 3.58. The van der Waals surface area contributed by atoms with Crippen molar-refractivity contribution in [3.8, 4) is 11.1 Å². The number of nitrogens with zero attached hydrogens (tertiary/aromatic N) is 2. The average molecular weight is 406 g/mol. The minimum atomic E-state index is 1.04. The molecule has 0 amide bonds. The average Bonchev–Trinajstić information content (AvgIpc) is 2.87. The van der Waals surface area contributed by atoms with E-state index in [-0.39, 0.29) is 0 Å². The third kappa shape index (κ3) is 2.41. The van der Waals surface area contributed by atoms with Crippen LogP contribution in [0.3, 0.4) is 0 Å². The van der Waals surface area contributed by atoms with Gasteiger partial charge < -0.3 is 0 Å². The van der Waals surface area contributed by atoms with E-state index in [2.05, 4.69) is 102 Å². The molecule has 0 aliphatic rings. The summed E-state index contributed by atoms with van der Waals surface area (Å²) in [6.07, 6.45) is 3.94. The number of rotatable bonds is 1. The Bertz CT molecular complexity index is 1730. The Morgan fingerprint density at radius 3 is 1.56 bits per heavy atom. The number of hydrogen-bond donors (Lipinski definition) is 0. The zero-order valence-electron chi connectivity index (χ0n) is 17.3. The molecule has 0 radical (unpaired) electrons. The first kappa shape index (κ1) is 17.4. The van der Waals surface area contributed by atoms with Crippen LogP contribution in [0.5, 0.6) is 0 Å². The summed E-state index contributed by atoms with van der Waals surface area (Å²) in [5, 5.41) is 9.42. The van der Waals surface area contributed by atoms with Gasteiger partial charge in [0.05, 0.1) is 11.0 Å². The van der Waals surface area contributed by atoms with E-state index in [0.29, 0.717) is 0 Å². The molecule has 148 valence electrons. The second-order valence-corrected chi connectivity index (χ2v) is 8.26. The number of pyridine rings is 2. The van der Waals surface area contributed by atoms with Crippen LogP contribution in [0.1, 0.15) is 0 Å². The maximum Gasteiger partial charge on any atom is 0.0794 e. The molecule has 5 aromatic carbocycles. The maximum atomic E-state index is 5.28. The fourth-order valence-corrected chi connectivity index (χ4v) is 5.02. The van der Waals surface area contributed by atoms with E-state index in [0.717, 1.165) is 32.8 Å². The van der Waals surface area contributed by atoms with Crippen LogP contribution in [-0.2, 0) is 0 Å². The Morgan fingerprint density at radius 2 is 0.938 bits per heavy atom. The largest absolute Gasteiger partial charge is 0.263 e. The Hall–Kier alpha value is -4.30. The fraction of sp³-hybridized carbons (Fsp3) is 0. The summed E-state index contributed by atoms with van der Waals surface area (Å²) >= 11 is 0. The van der Waals surface area contributed by atoms with E-state index >= 15 is 0 Å². The fourth-order valence-electron chi connectivity index (χ4n) is 5.02. The summed E-state index contributed by atoms with van der Waals surface area (Å²) in [6.45, 7) is 0. The molecule has 0 saturated heterocycles. The van der Waals surface area contributed by atoms with Gasteiger partial charge in [0.15, 0.2) is 0 Å². The number of benzene rings is 5. The van der Waals surface area contributed by atoms with Crippen LogP contribution >= 0.6 is 0 Å². The van der Waals surface area contributed by atoms with Crippen molar-refractivity contribution in [1.29, 1.82) is 0 Å². The van der Waals surface area contributed by atoms with Crippen molar-refractivity contribution in [3.63, 3.8) is 0 Å². The lowest BCUT2D eigenvalue weighted by Crippen LogP contribution is -1.93. The van der Waals surface area contributed by atoms with Crippen molar-refractivity contribution in [2.45, 2.75) is 0 Å². The van der Waals surface area contributed by atoms with E-state index in [1.54, 1.807) is 0 Å². The predicted molar refractivity (Wildman–Crippen MR) is 135 cm³/mol. The van der Waals surface area contributed by atoms with Gasteiger partial charge in [0.1, 0.15) is 0 Å². The lowest BCUT2D eigenvalue weighted by molar-refractivity contribution is 1.36. The number of fused-ring (bicyclic) bond motifs is 7. The Labute approximate surface area is 184 Å². The first-order valence-corrected chi connectivity index (χ1v) is 10.8. The van der Waals surface area contributed by atoms with Gasteiger partial charge in [-0.2, -0.15) is 0 Å². The molecule has 0 fully saturated rings. The van der Waals surface area contributed by atoms with Crippen LogP contribution in [0, 0.1) is 0 Å². The smallest absolute Gasteiger partial charge is 0.0794 e. The van der Waals surface area contributed by atoms with E-state index in [9.17, 15) is 0 Å². The van der Waals surface area contributed by atoms with Gasteiger partial charge in [0, 0.05) is 50.5 Å². The minimum Gasteiger partial charge on any atom is -0.263 e. The molecule has 7 aromatic rings. The topological polar surface area (TPSA) is 25.8 Å². The normalized spacial score (nSPS) is 11.8. The lowest BCUT2D eigenvalue weighted by atomic mass is 9.91. The van der Waals surface area contributed by atoms with E-state index in [4.69, 9.17) is 4.98 Å². The molecular weight excluding hydrogens is 388 g/mol. The van der Waals surface area contributed by atoms with Gasteiger partial charge in [0.2, 0.25) is 0 Å². The van der Waals surface area contributed by atoms with Gasteiger partial charge in [-0.15, -0.1) is 0 Å². The van der Waals surface area contributed by atoms with Crippen LogP contribution in [-0.4, -0.2) is 9.97 Å². The molecule has 0 atom stereocenters. The molecule has 0 aliphatic carbocycles. The minimum absolute atomic E-state index is 1.04. The monoisotopic (exact) mass is 406 g/mol. The summed E-state index contributed by atoms with van der Waals surface area (Å²) in [5.74, 6) is 0. The third-order valence-corrected chi connectivity index (χ3v) is 6.50. The molecule has 0 aliphatic heterocycles. The van der Waals surface area contributed by atoms with Gasteiger partial charge >= 0.3 is 0 Å². The standard InChI is InChI=1S/C30H18N2/c1-5-11-23-19(7-1)13-15-25-28(27-18-31-17-21-9-3-4-10-22(21)27)26-16-14-20-8-2-6-12-24(20)30(26)32-29(23)25/h1-18H. The van der Waals surface area contributed by atoms with Crippen LogP contribution in [0.4, 0.5) is 0 Å². The summed E-state index contributed by atoms with van der Waals surface area (Å²) in [4.78, 5) is 9.89. The summed E-state index contributed by atoms with van der Waals surface area (Å²) < 4.78 is 0. The summed E-state index contributed by atoms with van der Waals surface area (Å²) in [7, 11) is 0. The summed E-state index contributed by atoms with van der Waals surface area (Å²) in [6, 6.07) is 34.3. The SMILES string of the molecule is c1ccc2c(-c3c4ccc5ccccc5c4nc4c3ccc3ccccc34)cncc2c1. The van der Waals surface area contributed by atoms with Gasteiger partial charge in [-0.3, -0.25) is 4.98 Å². The number of hydrogen-bond acceptors (Lipinski definition) is 2. The van der Waals surface area contributed by atoms with Crippen LogP contribution in [0.25, 0.3) is 65.3 Å². The van der Waals surface area contributed by atoms with Crippen molar-refractivity contribution >= 4 is 54.1 Å². The highest BCUT2D eigenvalue weighted by Crippen LogP contribution is 2.41. The van der Waals surface area contributed by atoms with Crippen molar-refractivity contribution in [3.05, 3.63) is 109 Å². The second kappa shape index (κ2) is 6.60. The molecule has 7 rings (SSSR count). The van der Waals surface area contributed by atoms with E-state index in [1.165, 1.54) is 32.5 Å². The van der Waals surface area contributed by atoms with Gasteiger partial charge in [-0.05, 0) is 16.2 Å². The molecule has 0 unspecified atom stereocenters. The highest BCUT2D eigenvalue weighted by molar-refractivity contribution is 6.23.